The molecule has 0 aliphatic carbocycles. The van der Waals surface area contributed by atoms with Crippen LogP contribution >= 0.6 is 11.3 Å². The minimum atomic E-state index is -0.131. The molecule has 2 aliphatic heterocycles. The Bertz CT molecular complexity index is 690. The van der Waals surface area contributed by atoms with Crippen molar-refractivity contribution in [1.82, 2.24) is 20.3 Å². The average molecular weight is 331 g/mol. The summed E-state index contributed by atoms with van der Waals surface area (Å²) in [7, 11) is 0. The lowest BCUT2D eigenvalue weighted by Gasteiger charge is -2.22. The third-order valence-electron chi connectivity index (χ3n) is 4.41. The second kappa shape index (κ2) is 5.86. The van der Waals surface area contributed by atoms with E-state index in [2.05, 4.69) is 25.2 Å². The van der Waals surface area contributed by atoms with Crippen molar-refractivity contribution >= 4 is 23.2 Å². The monoisotopic (exact) mass is 331 g/mol. The largest absolute Gasteiger partial charge is 0.379 e. The fourth-order valence-electron chi connectivity index (χ4n) is 3.23. The van der Waals surface area contributed by atoms with Gasteiger partial charge in [-0.3, -0.25) is 4.79 Å². The fourth-order valence-corrected chi connectivity index (χ4v) is 3.76. The summed E-state index contributed by atoms with van der Waals surface area (Å²) in [4.78, 5) is 27.3. The van der Waals surface area contributed by atoms with E-state index >= 15 is 0 Å². The van der Waals surface area contributed by atoms with Crippen molar-refractivity contribution in [3.63, 3.8) is 0 Å². The van der Waals surface area contributed by atoms with Gasteiger partial charge in [0, 0.05) is 30.2 Å². The van der Waals surface area contributed by atoms with Gasteiger partial charge >= 0.3 is 0 Å². The molecule has 3 atom stereocenters. The van der Waals surface area contributed by atoms with Crippen LogP contribution in [0.25, 0.3) is 0 Å². The maximum atomic E-state index is 12.3. The molecule has 4 heterocycles. The number of fused-ring (bicyclic) bond motifs is 1. The van der Waals surface area contributed by atoms with Crippen molar-refractivity contribution in [2.24, 2.45) is 5.92 Å². The van der Waals surface area contributed by atoms with Gasteiger partial charge < -0.3 is 15.0 Å². The van der Waals surface area contributed by atoms with Crippen molar-refractivity contribution in [3.8, 4) is 0 Å². The van der Waals surface area contributed by atoms with Gasteiger partial charge in [-0.1, -0.05) is 0 Å². The van der Waals surface area contributed by atoms with E-state index in [0.29, 0.717) is 31.4 Å². The lowest BCUT2D eigenvalue weighted by Crippen LogP contribution is -2.41. The summed E-state index contributed by atoms with van der Waals surface area (Å²) in [5.74, 6) is 0.817. The first kappa shape index (κ1) is 14.5. The molecule has 23 heavy (non-hydrogen) atoms. The molecular formula is C15H17N5O2S. The number of aryl methyl sites for hydroxylation is 1. The predicted molar refractivity (Wildman–Crippen MR) is 85.6 cm³/mol. The van der Waals surface area contributed by atoms with Crippen LogP contribution in [-0.4, -0.2) is 52.7 Å². The van der Waals surface area contributed by atoms with Crippen molar-refractivity contribution in [1.29, 1.82) is 0 Å². The van der Waals surface area contributed by atoms with E-state index in [-0.39, 0.29) is 23.9 Å². The molecule has 2 aromatic rings. The van der Waals surface area contributed by atoms with Gasteiger partial charge in [-0.15, -0.1) is 11.3 Å². The Morgan fingerprint density at radius 3 is 2.91 bits per heavy atom. The van der Waals surface area contributed by atoms with Gasteiger partial charge in [-0.25, -0.2) is 15.0 Å². The zero-order chi connectivity index (χ0) is 15.8. The first-order valence-corrected chi connectivity index (χ1v) is 8.49. The Morgan fingerprint density at radius 1 is 1.35 bits per heavy atom. The van der Waals surface area contributed by atoms with E-state index in [4.69, 9.17) is 4.74 Å². The summed E-state index contributed by atoms with van der Waals surface area (Å²) in [6.45, 7) is 3.95. The highest BCUT2D eigenvalue weighted by atomic mass is 32.1. The van der Waals surface area contributed by atoms with Crippen LogP contribution in [0.5, 0.6) is 0 Å². The summed E-state index contributed by atoms with van der Waals surface area (Å²) in [6.07, 6.45) is 3.63. The number of carbonyl (C=O) groups excluding carboxylic acids is 1. The summed E-state index contributed by atoms with van der Waals surface area (Å²) in [6, 6.07) is 0.222. The highest BCUT2D eigenvalue weighted by Gasteiger charge is 2.47. The van der Waals surface area contributed by atoms with Crippen LogP contribution in [-0.2, 0) is 4.74 Å². The van der Waals surface area contributed by atoms with Gasteiger partial charge in [-0.2, -0.15) is 0 Å². The lowest BCUT2D eigenvalue weighted by atomic mass is 10.00. The lowest BCUT2D eigenvalue weighted by molar-refractivity contribution is 0.0919. The first-order chi connectivity index (χ1) is 11.2. The number of thiazole rings is 1. The number of hydrogen-bond acceptors (Lipinski definition) is 7. The molecule has 0 radical (unpaired) electrons. The van der Waals surface area contributed by atoms with Crippen LogP contribution in [0, 0.1) is 12.8 Å². The number of anilines is 1. The molecule has 0 unspecified atom stereocenters. The van der Waals surface area contributed by atoms with Crippen LogP contribution in [0.1, 0.15) is 16.1 Å². The summed E-state index contributed by atoms with van der Waals surface area (Å²) in [5, 5.41) is 4.85. The molecule has 0 saturated carbocycles. The maximum absolute atomic E-state index is 12.3. The van der Waals surface area contributed by atoms with Gasteiger partial charge in [0.25, 0.3) is 5.91 Å². The molecule has 120 valence electrons. The Labute approximate surface area is 137 Å². The zero-order valence-corrected chi connectivity index (χ0v) is 13.5. The number of nitrogens with zero attached hydrogens (tertiary/aromatic N) is 4. The molecule has 8 heteroatoms. The third-order valence-corrected chi connectivity index (χ3v) is 5.00. The molecule has 0 spiro atoms. The quantitative estimate of drug-likeness (QED) is 0.899. The molecular weight excluding hydrogens is 314 g/mol. The van der Waals surface area contributed by atoms with E-state index < -0.39 is 0 Å². The van der Waals surface area contributed by atoms with Gasteiger partial charge in [0.05, 0.1) is 30.8 Å². The van der Waals surface area contributed by atoms with E-state index in [1.807, 2.05) is 19.3 Å². The van der Waals surface area contributed by atoms with Crippen molar-refractivity contribution in [2.45, 2.75) is 19.0 Å². The van der Waals surface area contributed by atoms with Crippen LogP contribution in [0.2, 0.25) is 0 Å². The topological polar surface area (TPSA) is 80.2 Å². The van der Waals surface area contributed by atoms with Crippen LogP contribution in [0.15, 0.2) is 23.3 Å². The number of amides is 1. The van der Waals surface area contributed by atoms with Crippen LogP contribution in [0.3, 0.4) is 0 Å². The predicted octanol–water partition coefficient (Wildman–Crippen LogP) is 0.875. The Balaban J connectivity index is 1.53. The van der Waals surface area contributed by atoms with E-state index in [9.17, 15) is 4.79 Å². The molecule has 1 N–H and O–H groups in total. The minimum absolute atomic E-state index is 0.0154. The molecule has 1 amide bonds. The number of carbonyl (C=O) groups is 1. The van der Waals surface area contributed by atoms with Gasteiger partial charge in [0.2, 0.25) is 5.95 Å². The fraction of sp³-hybridized carbons (Fsp3) is 0.467. The standard InChI is InChI=1S/C15H17N5O2S/c1-9-2-16-15(17-3-9)20-4-11(10-5-22-6-13(10)20)19-14(21)12-7-23-8-18-12/h2-3,7-8,10-11,13H,4-6H2,1H3,(H,19,21)/t10-,11+,13-/m0/s1. The summed E-state index contributed by atoms with van der Waals surface area (Å²) in [5.41, 5.74) is 3.16. The number of aromatic nitrogens is 3. The zero-order valence-electron chi connectivity index (χ0n) is 12.7. The molecule has 0 aromatic carbocycles. The first-order valence-electron chi connectivity index (χ1n) is 7.54. The summed E-state index contributed by atoms with van der Waals surface area (Å²) < 4.78 is 5.63. The number of rotatable bonds is 3. The van der Waals surface area contributed by atoms with Gasteiger partial charge in [0.1, 0.15) is 5.69 Å². The van der Waals surface area contributed by atoms with E-state index in [1.54, 1.807) is 10.9 Å². The Hall–Kier alpha value is -2.06. The second-order valence-electron chi connectivity index (χ2n) is 5.94. The highest BCUT2D eigenvalue weighted by molar-refractivity contribution is 7.07. The van der Waals surface area contributed by atoms with Crippen molar-refractivity contribution in [2.75, 3.05) is 24.7 Å². The SMILES string of the molecule is Cc1cnc(N2C[C@@H](NC(=O)c3cscn3)[C@@H]3COC[C@@H]32)nc1. The minimum Gasteiger partial charge on any atom is -0.379 e. The maximum Gasteiger partial charge on any atom is 0.271 e. The molecule has 2 fully saturated rings. The molecule has 2 saturated heterocycles. The molecule has 0 bridgehead atoms. The molecule has 4 rings (SSSR count). The molecule has 7 nitrogen and oxygen atoms in total. The number of nitrogens with one attached hydrogen (secondary N) is 1. The molecule has 2 aromatic heterocycles. The van der Waals surface area contributed by atoms with Crippen LogP contribution < -0.4 is 10.2 Å². The molecule has 2 aliphatic rings. The Kier molecular flexibility index (Phi) is 3.70. The highest BCUT2D eigenvalue weighted by Crippen LogP contribution is 2.32. The van der Waals surface area contributed by atoms with Crippen LogP contribution in [0.4, 0.5) is 5.95 Å². The second-order valence-corrected chi connectivity index (χ2v) is 6.65. The average Bonchev–Trinajstić information content (AvgIpc) is 3.27. The van der Waals surface area contributed by atoms with E-state index in [1.165, 1.54) is 11.3 Å². The number of ether oxygens (including phenoxy) is 1. The van der Waals surface area contributed by atoms with E-state index in [0.717, 1.165) is 5.56 Å². The van der Waals surface area contributed by atoms with Crippen molar-refractivity contribution in [3.05, 3.63) is 34.5 Å². The van der Waals surface area contributed by atoms with Gasteiger partial charge in [-0.05, 0) is 12.5 Å². The summed E-state index contributed by atoms with van der Waals surface area (Å²) >= 11 is 1.42. The van der Waals surface area contributed by atoms with Gasteiger partial charge in [0.15, 0.2) is 0 Å². The van der Waals surface area contributed by atoms with Crippen molar-refractivity contribution < 1.29 is 9.53 Å². The normalized spacial score (nSPS) is 26.3. The third kappa shape index (κ3) is 2.68. The Morgan fingerprint density at radius 2 is 2.17 bits per heavy atom. The number of hydrogen-bond donors (Lipinski definition) is 1. The smallest absolute Gasteiger partial charge is 0.271 e.